The summed E-state index contributed by atoms with van der Waals surface area (Å²) in [5.41, 5.74) is -1.52. The molecule has 0 bridgehead atoms. The first-order valence-electron chi connectivity index (χ1n) is 14.2. The van der Waals surface area contributed by atoms with E-state index >= 15 is 8.78 Å². The van der Waals surface area contributed by atoms with Gasteiger partial charge in [0.05, 0.1) is 18.6 Å². The van der Waals surface area contributed by atoms with E-state index in [1.54, 1.807) is 18.2 Å². The highest BCUT2D eigenvalue weighted by molar-refractivity contribution is 5.75. The van der Waals surface area contributed by atoms with Gasteiger partial charge in [-0.3, -0.25) is 4.79 Å². The van der Waals surface area contributed by atoms with Crippen molar-refractivity contribution < 1.29 is 55.9 Å². The van der Waals surface area contributed by atoms with Crippen LogP contribution < -0.4 is 14.2 Å². The molecule has 12 heteroatoms. The maximum absolute atomic E-state index is 15.2. The van der Waals surface area contributed by atoms with Gasteiger partial charge in [0.1, 0.15) is 29.8 Å². The predicted molar refractivity (Wildman–Crippen MR) is 146 cm³/mol. The highest BCUT2D eigenvalue weighted by atomic mass is 19.4. The zero-order chi connectivity index (χ0) is 31.2. The van der Waals surface area contributed by atoms with E-state index < -0.39 is 53.4 Å². The number of benzene rings is 3. The Balaban J connectivity index is 1.29. The molecule has 0 radical (unpaired) electrons. The van der Waals surface area contributed by atoms with Gasteiger partial charge in [0.2, 0.25) is 0 Å². The molecule has 2 N–H and O–H groups in total. The van der Waals surface area contributed by atoms with Crippen LogP contribution in [0.4, 0.5) is 22.0 Å². The zero-order valence-electron chi connectivity index (χ0n) is 23.4. The first-order valence-corrected chi connectivity index (χ1v) is 14.2. The number of hydrogen-bond donors (Lipinski definition) is 2. The molecule has 1 saturated heterocycles. The normalized spacial score (nSPS) is 20.5. The van der Waals surface area contributed by atoms with Gasteiger partial charge in [0.25, 0.3) is 0 Å². The number of rotatable bonds is 8. The number of carbonyl (C=O) groups is 1. The summed E-state index contributed by atoms with van der Waals surface area (Å²) in [6.07, 6.45) is -4.62. The van der Waals surface area contributed by atoms with Crippen LogP contribution in [0.5, 0.6) is 17.2 Å². The molecule has 0 saturated carbocycles. The molecule has 1 fully saturated rings. The van der Waals surface area contributed by atoms with E-state index in [1.165, 1.54) is 6.07 Å². The lowest BCUT2D eigenvalue weighted by molar-refractivity contribution is -0.138. The molecule has 0 amide bonds. The lowest BCUT2D eigenvalue weighted by atomic mass is 9.91. The maximum Gasteiger partial charge on any atom is 0.417 e. The predicted octanol–water partition coefficient (Wildman–Crippen LogP) is 6.59. The van der Waals surface area contributed by atoms with Gasteiger partial charge in [-0.05, 0) is 59.4 Å². The van der Waals surface area contributed by atoms with Gasteiger partial charge in [-0.15, -0.1) is 0 Å². The fraction of sp³-hybridized carbons (Fsp3) is 0.406. The molecular weight excluding hydrogens is 591 g/mol. The number of aliphatic carboxylic acids is 1. The molecule has 1 aliphatic carbocycles. The summed E-state index contributed by atoms with van der Waals surface area (Å²) >= 11 is 0. The molecule has 0 spiro atoms. The lowest BCUT2D eigenvalue weighted by Crippen LogP contribution is -2.41. The smallest absolute Gasteiger partial charge is 0.417 e. The molecule has 2 atom stereocenters. The lowest BCUT2D eigenvalue weighted by Gasteiger charge is -2.31. The molecule has 44 heavy (non-hydrogen) atoms. The van der Waals surface area contributed by atoms with E-state index in [-0.39, 0.29) is 68.1 Å². The van der Waals surface area contributed by atoms with Gasteiger partial charge < -0.3 is 29.2 Å². The fourth-order valence-corrected chi connectivity index (χ4v) is 6.17. The highest BCUT2D eigenvalue weighted by Crippen LogP contribution is 2.48. The van der Waals surface area contributed by atoms with Crippen LogP contribution in [-0.4, -0.2) is 48.2 Å². The van der Waals surface area contributed by atoms with Crippen LogP contribution in [0, 0.1) is 11.6 Å². The Morgan fingerprint density at radius 1 is 1.02 bits per heavy atom. The van der Waals surface area contributed by atoms with Crippen molar-refractivity contribution >= 4 is 5.97 Å². The molecule has 3 aromatic carbocycles. The Hall–Kier alpha value is -3.90. The van der Waals surface area contributed by atoms with Crippen LogP contribution in [0.15, 0.2) is 42.5 Å². The topological polar surface area (TPSA) is 94.5 Å². The number of hydrogen-bond acceptors (Lipinski definition) is 6. The van der Waals surface area contributed by atoms with Crippen LogP contribution in [0.1, 0.15) is 60.0 Å². The third-order valence-electron chi connectivity index (χ3n) is 8.42. The number of carboxylic acid groups (broad SMARTS) is 1. The van der Waals surface area contributed by atoms with Crippen molar-refractivity contribution in [3.05, 3.63) is 76.4 Å². The number of alkyl halides is 3. The van der Waals surface area contributed by atoms with E-state index in [2.05, 4.69) is 0 Å². The summed E-state index contributed by atoms with van der Waals surface area (Å²) in [5, 5.41) is 19.7. The van der Waals surface area contributed by atoms with E-state index in [9.17, 15) is 23.1 Å². The Bertz CT molecular complexity index is 1560. The standard InChI is InChI=1S/C32H29F5O7/c33-24-11-17(12-25(34)30(24)43-16-31(40)7-9-41-10-8-31)29-22-4-6-26(21(22)3-5-23(29)32(35,36)37)44-19-1-2-20-18(13-28(38)39)15-42-27(20)14-19/h1-3,5,11-12,14,18,26,40H,4,6-10,13,15-16H2,(H,38,39)/t18?,26-/m1/s1. The van der Waals surface area contributed by atoms with Crippen LogP contribution in [0.2, 0.25) is 0 Å². The Morgan fingerprint density at radius 3 is 2.41 bits per heavy atom. The van der Waals surface area contributed by atoms with Crippen LogP contribution in [-0.2, 0) is 22.1 Å². The Kier molecular flexibility index (Phi) is 7.91. The van der Waals surface area contributed by atoms with Crippen molar-refractivity contribution in [3.8, 4) is 28.4 Å². The Morgan fingerprint density at radius 2 is 1.73 bits per heavy atom. The van der Waals surface area contributed by atoms with Gasteiger partial charge in [-0.2, -0.15) is 13.2 Å². The molecule has 7 nitrogen and oxygen atoms in total. The summed E-state index contributed by atoms with van der Waals surface area (Å²) in [4.78, 5) is 11.1. The molecule has 3 aromatic rings. The van der Waals surface area contributed by atoms with Gasteiger partial charge in [0.15, 0.2) is 17.4 Å². The molecular formula is C32H29F5O7. The second kappa shape index (κ2) is 11.6. The minimum Gasteiger partial charge on any atom is -0.492 e. The molecule has 1 unspecified atom stereocenters. The third kappa shape index (κ3) is 5.92. The summed E-state index contributed by atoms with van der Waals surface area (Å²) in [5.74, 6) is -3.52. The van der Waals surface area contributed by atoms with Crippen molar-refractivity contribution in [1.29, 1.82) is 0 Å². The minimum absolute atomic E-state index is 0.0839. The summed E-state index contributed by atoms with van der Waals surface area (Å²) < 4.78 is 95.3. The summed E-state index contributed by atoms with van der Waals surface area (Å²) in [6, 6.07) is 8.85. The van der Waals surface area contributed by atoms with Crippen molar-refractivity contribution in [2.24, 2.45) is 0 Å². The minimum atomic E-state index is -4.80. The largest absolute Gasteiger partial charge is 0.492 e. The molecule has 2 aliphatic heterocycles. The number of aliphatic hydroxyl groups is 1. The summed E-state index contributed by atoms with van der Waals surface area (Å²) in [7, 11) is 0. The fourth-order valence-electron chi connectivity index (χ4n) is 6.17. The van der Waals surface area contributed by atoms with Crippen LogP contribution in [0.3, 0.4) is 0 Å². The second-order valence-corrected chi connectivity index (χ2v) is 11.4. The second-order valence-electron chi connectivity index (χ2n) is 11.4. The SMILES string of the molecule is O=C(O)CC1COc2cc(O[C@@H]3CCc4c3ccc(C(F)(F)F)c4-c3cc(F)c(OCC4(O)CCOCC4)c(F)c3)ccc21. The Labute approximate surface area is 249 Å². The number of carboxylic acids is 1. The van der Waals surface area contributed by atoms with E-state index in [0.29, 0.717) is 23.5 Å². The molecule has 3 aliphatic rings. The average molecular weight is 621 g/mol. The maximum atomic E-state index is 15.2. The monoisotopic (exact) mass is 620 g/mol. The third-order valence-corrected chi connectivity index (χ3v) is 8.42. The van der Waals surface area contributed by atoms with E-state index in [1.807, 2.05) is 0 Å². The number of fused-ring (bicyclic) bond motifs is 2. The van der Waals surface area contributed by atoms with Gasteiger partial charge in [-0.25, -0.2) is 8.78 Å². The van der Waals surface area contributed by atoms with Crippen molar-refractivity contribution in [2.75, 3.05) is 26.4 Å². The van der Waals surface area contributed by atoms with Crippen LogP contribution >= 0.6 is 0 Å². The van der Waals surface area contributed by atoms with E-state index in [0.717, 1.165) is 23.8 Å². The number of ether oxygens (including phenoxy) is 4. The molecule has 2 heterocycles. The van der Waals surface area contributed by atoms with Crippen molar-refractivity contribution in [1.82, 2.24) is 0 Å². The van der Waals surface area contributed by atoms with Crippen molar-refractivity contribution in [2.45, 2.75) is 55.9 Å². The van der Waals surface area contributed by atoms with Gasteiger partial charge >= 0.3 is 12.1 Å². The van der Waals surface area contributed by atoms with Gasteiger partial charge in [0, 0.05) is 43.6 Å². The van der Waals surface area contributed by atoms with Gasteiger partial charge in [-0.1, -0.05) is 12.1 Å². The highest BCUT2D eigenvalue weighted by Gasteiger charge is 2.39. The molecule has 6 rings (SSSR count). The van der Waals surface area contributed by atoms with Crippen molar-refractivity contribution in [3.63, 3.8) is 0 Å². The first-order chi connectivity index (χ1) is 20.9. The zero-order valence-corrected chi connectivity index (χ0v) is 23.4. The average Bonchev–Trinajstić information content (AvgIpc) is 3.55. The molecule has 234 valence electrons. The number of halogens is 5. The summed E-state index contributed by atoms with van der Waals surface area (Å²) in [6.45, 7) is 0.349. The van der Waals surface area contributed by atoms with E-state index in [4.69, 9.17) is 24.1 Å². The quantitative estimate of drug-likeness (QED) is 0.275. The molecule has 0 aromatic heterocycles. The van der Waals surface area contributed by atoms with Crippen LogP contribution in [0.25, 0.3) is 11.1 Å². The first kappa shape index (κ1) is 30.1.